The molecule has 1 unspecified atom stereocenters. The summed E-state index contributed by atoms with van der Waals surface area (Å²) in [7, 11) is 0. The van der Waals surface area contributed by atoms with E-state index < -0.39 is 12.0 Å². The summed E-state index contributed by atoms with van der Waals surface area (Å²) in [6, 6.07) is -0.802. The van der Waals surface area contributed by atoms with Crippen LogP contribution in [-0.2, 0) is 14.4 Å². The molecule has 0 radical (unpaired) electrons. The van der Waals surface area contributed by atoms with Gasteiger partial charge in [-0.3, -0.25) is 9.59 Å². The second-order valence-corrected chi connectivity index (χ2v) is 4.97. The third-order valence-electron chi connectivity index (χ3n) is 3.50. The molecule has 108 valence electrons. The average molecular weight is 270 g/mol. The summed E-state index contributed by atoms with van der Waals surface area (Å²) in [4.78, 5) is 35.9. The molecule has 1 aliphatic heterocycles. The molecule has 1 atom stereocenters. The summed E-state index contributed by atoms with van der Waals surface area (Å²) in [5, 5.41) is 11.6. The number of hydrogen-bond acceptors (Lipinski definition) is 3. The van der Waals surface area contributed by atoms with Gasteiger partial charge < -0.3 is 15.3 Å². The highest BCUT2D eigenvalue weighted by atomic mass is 16.4. The maximum absolute atomic E-state index is 12.0. The van der Waals surface area contributed by atoms with E-state index in [1.807, 2.05) is 6.92 Å². The Kier molecular flexibility index (Phi) is 5.79. The number of rotatable bonds is 5. The topological polar surface area (TPSA) is 86.7 Å². The molecule has 1 saturated heterocycles. The van der Waals surface area contributed by atoms with Crippen LogP contribution in [0.2, 0.25) is 0 Å². The second kappa shape index (κ2) is 7.11. The lowest BCUT2D eigenvalue weighted by Crippen LogP contribution is -2.47. The predicted molar refractivity (Wildman–Crippen MR) is 69.5 cm³/mol. The van der Waals surface area contributed by atoms with Crippen LogP contribution in [-0.4, -0.2) is 46.9 Å². The van der Waals surface area contributed by atoms with Crippen LogP contribution in [0, 0.1) is 5.92 Å². The van der Waals surface area contributed by atoms with E-state index >= 15 is 0 Å². The molecule has 19 heavy (non-hydrogen) atoms. The summed E-state index contributed by atoms with van der Waals surface area (Å²) in [5.41, 5.74) is 0. The van der Waals surface area contributed by atoms with Crippen molar-refractivity contribution in [2.24, 2.45) is 5.92 Å². The number of amides is 2. The van der Waals surface area contributed by atoms with Gasteiger partial charge >= 0.3 is 5.97 Å². The van der Waals surface area contributed by atoms with Gasteiger partial charge in [-0.25, -0.2) is 4.79 Å². The maximum Gasteiger partial charge on any atom is 0.326 e. The summed E-state index contributed by atoms with van der Waals surface area (Å²) in [6.45, 7) is 4.54. The third kappa shape index (κ3) is 4.54. The van der Waals surface area contributed by atoms with E-state index in [0.717, 1.165) is 0 Å². The van der Waals surface area contributed by atoms with Crippen LogP contribution in [0.5, 0.6) is 0 Å². The third-order valence-corrected chi connectivity index (χ3v) is 3.50. The van der Waals surface area contributed by atoms with Crippen LogP contribution >= 0.6 is 0 Å². The first-order chi connectivity index (χ1) is 8.95. The van der Waals surface area contributed by atoms with Crippen LogP contribution < -0.4 is 5.32 Å². The monoisotopic (exact) mass is 270 g/mol. The van der Waals surface area contributed by atoms with Crippen molar-refractivity contribution in [3.05, 3.63) is 0 Å². The van der Waals surface area contributed by atoms with Crippen molar-refractivity contribution in [2.45, 2.75) is 45.6 Å². The maximum atomic E-state index is 12.0. The number of likely N-dealkylation sites (tertiary alicyclic amines) is 1. The number of nitrogens with one attached hydrogen (secondary N) is 1. The summed E-state index contributed by atoms with van der Waals surface area (Å²) >= 11 is 0. The van der Waals surface area contributed by atoms with Crippen molar-refractivity contribution in [1.82, 2.24) is 10.2 Å². The molecule has 0 spiro atoms. The van der Waals surface area contributed by atoms with Crippen LogP contribution in [0.15, 0.2) is 0 Å². The Morgan fingerprint density at radius 2 is 1.89 bits per heavy atom. The molecule has 0 aliphatic carbocycles. The van der Waals surface area contributed by atoms with E-state index in [0.29, 0.717) is 38.8 Å². The van der Waals surface area contributed by atoms with Crippen molar-refractivity contribution >= 4 is 17.8 Å². The van der Waals surface area contributed by atoms with E-state index in [1.165, 1.54) is 6.92 Å². The molecule has 0 aromatic rings. The lowest BCUT2D eigenvalue weighted by atomic mass is 9.95. The molecule has 2 N–H and O–H groups in total. The largest absolute Gasteiger partial charge is 0.480 e. The number of aliphatic carboxylic acids is 1. The first kappa shape index (κ1) is 15.5. The highest BCUT2D eigenvalue weighted by Crippen LogP contribution is 2.17. The zero-order chi connectivity index (χ0) is 14.4. The second-order valence-electron chi connectivity index (χ2n) is 4.97. The molecule has 0 aromatic carbocycles. The summed E-state index contributed by atoms with van der Waals surface area (Å²) in [5.74, 6) is -1.36. The van der Waals surface area contributed by atoms with Gasteiger partial charge in [0.25, 0.3) is 0 Å². The number of hydrogen-bond donors (Lipinski definition) is 2. The minimum Gasteiger partial charge on any atom is -0.480 e. The normalized spacial score (nSPS) is 17.9. The van der Waals surface area contributed by atoms with Gasteiger partial charge in [-0.05, 0) is 19.3 Å². The molecular formula is C13H22N2O4. The molecule has 0 aromatic heterocycles. The molecule has 6 heteroatoms. The number of carboxylic acids is 1. The van der Waals surface area contributed by atoms with Crippen LogP contribution in [0.1, 0.15) is 39.5 Å². The Bertz CT molecular complexity index is 349. The molecule has 1 heterocycles. The Labute approximate surface area is 113 Å². The molecule has 1 fully saturated rings. The number of piperidine rings is 1. The molecular weight excluding hydrogens is 248 g/mol. The highest BCUT2D eigenvalue weighted by molar-refractivity contribution is 5.85. The fourth-order valence-corrected chi connectivity index (χ4v) is 2.29. The number of nitrogens with zero attached hydrogens (tertiary/aromatic N) is 1. The molecule has 6 nitrogen and oxygen atoms in total. The SMILES string of the molecule is CCCC(NC(=O)C1CCN(C(C)=O)CC1)C(=O)O. The van der Waals surface area contributed by atoms with Crippen molar-refractivity contribution in [3.63, 3.8) is 0 Å². The van der Waals surface area contributed by atoms with Gasteiger partial charge in [0.1, 0.15) is 6.04 Å². The quantitative estimate of drug-likeness (QED) is 0.766. The van der Waals surface area contributed by atoms with Gasteiger partial charge in [-0.1, -0.05) is 13.3 Å². The molecule has 1 aliphatic rings. The van der Waals surface area contributed by atoms with Gasteiger partial charge in [-0.2, -0.15) is 0 Å². The zero-order valence-corrected chi connectivity index (χ0v) is 11.5. The molecule has 0 saturated carbocycles. The van der Waals surface area contributed by atoms with Gasteiger partial charge in [-0.15, -0.1) is 0 Å². The fourth-order valence-electron chi connectivity index (χ4n) is 2.29. The zero-order valence-electron chi connectivity index (χ0n) is 11.5. The number of carbonyl (C=O) groups is 3. The Morgan fingerprint density at radius 1 is 1.32 bits per heavy atom. The first-order valence-corrected chi connectivity index (χ1v) is 6.74. The fraction of sp³-hybridized carbons (Fsp3) is 0.769. The Hall–Kier alpha value is -1.59. The lowest BCUT2D eigenvalue weighted by Gasteiger charge is -2.31. The van der Waals surface area contributed by atoms with Gasteiger partial charge in [0, 0.05) is 25.9 Å². The van der Waals surface area contributed by atoms with Crippen molar-refractivity contribution in [1.29, 1.82) is 0 Å². The van der Waals surface area contributed by atoms with Gasteiger partial charge in [0.05, 0.1) is 0 Å². The van der Waals surface area contributed by atoms with Crippen molar-refractivity contribution < 1.29 is 19.5 Å². The van der Waals surface area contributed by atoms with Gasteiger partial charge in [0.2, 0.25) is 11.8 Å². The molecule has 2 amide bonds. The first-order valence-electron chi connectivity index (χ1n) is 6.74. The van der Waals surface area contributed by atoms with E-state index in [2.05, 4.69) is 5.32 Å². The lowest BCUT2D eigenvalue weighted by molar-refractivity contribution is -0.143. The Morgan fingerprint density at radius 3 is 2.32 bits per heavy atom. The van der Waals surface area contributed by atoms with Crippen molar-refractivity contribution in [2.75, 3.05) is 13.1 Å². The van der Waals surface area contributed by atoms with Crippen LogP contribution in [0.25, 0.3) is 0 Å². The summed E-state index contributed by atoms with van der Waals surface area (Å²) in [6.07, 6.45) is 2.35. The van der Waals surface area contributed by atoms with E-state index in [4.69, 9.17) is 5.11 Å². The highest BCUT2D eigenvalue weighted by Gasteiger charge is 2.28. The number of carbonyl (C=O) groups excluding carboxylic acids is 2. The van der Waals surface area contributed by atoms with E-state index in [9.17, 15) is 14.4 Å². The van der Waals surface area contributed by atoms with E-state index in [1.54, 1.807) is 4.90 Å². The average Bonchev–Trinajstić information content (AvgIpc) is 2.38. The summed E-state index contributed by atoms with van der Waals surface area (Å²) < 4.78 is 0. The van der Waals surface area contributed by atoms with Crippen molar-refractivity contribution in [3.8, 4) is 0 Å². The van der Waals surface area contributed by atoms with Gasteiger partial charge in [0.15, 0.2) is 0 Å². The smallest absolute Gasteiger partial charge is 0.326 e. The predicted octanol–water partition coefficient (Wildman–Crippen LogP) is 0.614. The minimum absolute atomic E-state index is 0.0215. The molecule has 1 rings (SSSR count). The Balaban J connectivity index is 2.46. The standard InChI is InChI=1S/C13H22N2O4/c1-3-4-11(13(18)19)14-12(17)10-5-7-15(8-6-10)9(2)16/h10-11H,3-8H2,1-2H3,(H,14,17)(H,18,19). The van der Waals surface area contributed by atoms with Crippen LogP contribution in [0.3, 0.4) is 0 Å². The minimum atomic E-state index is -0.989. The number of carboxylic acid groups (broad SMARTS) is 1. The van der Waals surface area contributed by atoms with E-state index in [-0.39, 0.29) is 17.7 Å². The van der Waals surface area contributed by atoms with Crippen LogP contribution in [0.4, 0.5) is 0 Å². The molecule has 0 bridgehead atoms.